The summed E-state index contributed by atoms with van der Waals surface area (Å²) in [6, 6.07) is 12.0. The summed E-state index contributed by atoms with van der Waals surface area (Å²) in [5.74, 6) is -2.24. The third-order valence-electron chi connectivity index (χ3n) is 5.72. The van der Waals surface area contributed by atoms with Gasteiger partial charge in [0.25, 0.3) is 23.6 Å². The lowest BCUT2D eigenvalue weighted by atomic mass is 9.92. The second-order valence-electron chi connectivity index (χ2n) is 7.88. The Hall–Kier alpha value is -4.01. The quantitative estimate of drug-likeness (QED) is 0.534. The fraction of sp³-hybridized carbons (Fsp3) is 0.261. The van der Waals surface area contributed by atoms with E-state index in [-0.39, 0.29) is 16.7 Å². The van der Waals surface area contributed by atoms with Crippen molar-refractivity contribution in [2.75, 3.05) is 6.54 Å². The van der Waals surface area contributed by atoms with Gasteiger partial charge in [0, 0.05) is 12.1 Å². The zero-order valence-electron chi connectivity index (χ0n) is 17.7. The van der Waals surface area contributed by atoms with Crippen molar-refractivity contribution >= 4 is 29.7 Å². The number of hydrazine groups is 1. The van der Waals surface area contributed by atoms with Gasteiger partial charge in [0.05, 0.1) is 11.1 Å². The predicted octanol–water partition coefficient (Wildman–Crippen LogP) is 2.19. The standard InChI is InChI=1S/C23H22N4O5/c1-3-4-12-26-19(29)16-11-10-14(13-17(16)20(26)30)18(28)25-27-21(31)23(2,24-22(27)32)15-8-6-5-7-9-15/h5-11,13H,3-4,12H2,1-2H3,(H,24,32)(H,25,28). The molecule has 32 heavy (non-hydrogen) atoms. The number of nitrogens with one attached hydrogen (secondary N) is 2. The second-order valence-corrected chi connectivity index (χ2v) is 7.88. The molecule has 164 valence electrons. The van der Waals surface area contributed by atoms with Crippen molar-refractivity contribution in [2.24, 2.45) is 0 Å². The Morgan fingerprint density at radius 3 is 2.38 bits per heavy atom. The zero-order chi connectivity index (χ0) is 23.0. The number of unbranched alkanes of at least 4 members (excludes halogenated alkanes) is 1. The summed E-state index contributed by atoms with van der Waals surface area (Å²) in [5.41, 5.74) is 1.96. The van der Waals surface area contributed by atoms with E-state index in [1.54, 1.807) is 37.3 Å². The molecule has 2 aliphatic rings. The van der Waals surface area contributed by atoms with E-state index in [4.69, 9.17) is 0 Å². The Balaban J connectivity index is 1.54. The van der Waals surface area contributed by atoms with Gasteiger partial charge in [-0.3, -0.25) is 29.5 Å². The predicted molar refractivity (Wildman–Crippen MR) is 113 cm³/mol. The van der Waals surface area contributed by atoms with E-state index in [0.29, 0.717) is 23.5 Å². The van der Waals surface area contributed by atoms with Crippen LogP contribution in [0.15, 0.2) is 48.5 Å². The van der Waals surface area contributed by atoms with Crippen molar-refractivity contribution in [3.63, 3.8) is 0 Å². The van der Waals surface area contributed by atoms with Crippen LogP contribution in [0.3, 0.4) is 0 Å². The molecule has 0 aromatic heterocycles. The normalized spacial score (nSPS) is 19.9. The molecule has 0 bridgehead atoms. The van der Waals surface area contributed by atoms with Gasteiger partial charge < -0.3 is 5.32 Å². The van der Waals surface area contributed by atoms with E-state index in [2.05, 4.69) is 10.7 Å². The van der Waals surface area contributed by atoms with E-state index in [9.17, 15) is 24.0 Å². The molecule has 4 rings (SSSR count). The van der Waals surface area contributed by atoms with Crippen LogP contribution in [0.4, 0.5) is 4.79 Å². The molecule has 9 nitrogen and oxygen atoms in total. The molecule has 2 aromatic carbocycles. The van der Waals surface area contributed by atoms with Gasteiger partial charge in [-0.15, -0.1) is 0 Å². The number of fused-ring (bicyclic) bond motifs is 1. The number of benzene rings is 2. The van der Waals surface area contributed by atoms with Crippen molar-refractivity contribution in [1.29, 1.82) is 0 Å². The summed E-state index contributed by atoms with van der Waals surface area (Å²) in [6.07, 6.45) is 1.51. The minimum absolute atomic E-state index is 0.0520. The van der Waals surface area contributed by atoms with Gasteiger partial charge in [-0.05, 0) is 37.1 Å². The van der Waals surface area contributed by atoms with Crippen LogP contribution in [0.1, 0.15) is 63.3 Å². The summed E-state index contributed by atoms with van der Waals surface area (Å²) in [5, 5.41) is 3.23. The molecular weight excluding hydrogens is 412 g/mol. The lowest BCUT2D eigenvalue weighted by Gasteiger charge is -2.22. The highest BCUT2D eigenvalue weighted by molar-refractivity contribution is 6.22. The molecule has 2 aromatic rings. The highest BCUT2D eigenvalue weighted by Gasteiger charge is 2.50. The van der Waals surface area contributed by atoms with E-state index < -0.39 is 35.2 Å². The SMILES string of the molecule is CCCCN1C(=O)c2ccc(C(=O)NN3C(=O)NC(C)(c4ccccc4)C3=O)cc2C1=O. The van der Waals surface area contributed by atoms with Crippen LogP contribution in [0.25, 0.3) is 0 Å². The van der Waals surface area contributed by atoms with Gasteiger partial charge in [0.2, 0.25) is 0 Å². The average molecular weight is 434 g/mol. The number of amides is 6. The molecule has 2 heterocycles. The van der Waals surface area contributed by atoms with Crippen LogP contribution in [0.2, 0.25) is 0 Å². The summed E-state index contributed by atoms with van der Waals surface area (Å²) in [6.45, 7) is 3.82. The van der Waals surface area contributed by atoms with E-state index in [0.717, 1.165) is 6.42 Å². The number of nitrogens with zero attached hydrogens (tertiary/aromatic N) is 2. The Kier molecular flexibility index (Phi) is 5.25. The topological polar surface area (TPSA) is 116 Å². The molecule has 0 spiro atoms. The maximum Gasteiger partial charge on any atom is 0.344 e. The Labute approximate surface area is 184 Å². The summed E-state index contributed by atoms with van der Waals surface area (Å²) in [7, 11) is 0. The molecule has 9 heteroatoms. The summed E-state index contributed by atoms with van der Waals surface area (Å²) < 4.78 is 0. The van der Waals surface area contributed by atoms with Crippen LogP contribution in [0, 0.1) is 0 Å². The lowest BCUT2D eigenvalue weighted by Crippen LogP contribution is -2.47. The molecule has 2 aliphatic heterocycles. The third-order valence-corrected chi connectivity index (χ3v) is 5.72. The van der Waals surface area contributed by atoms with Crippen LogP contribution >= 0.6 is 0 Å². The van der Waals surface area contributed by atoms with Crippen molar-refractivity contribution in [3.05, 3.63) is 70.8 Å². The Morgan fingerprint density at radius 2 is 1.69 bits per heavy atom. The molecule has 1 atom stereocenters. The highest BCUT2D eigenvalue weighted by Crippen LogP contribution is 2.28. The Morgan fingerprint density at radius 1 is 1.00 bits per heavy atom. The first kappa shape index (κ1) is 21.2. The van der Waals surface area contributed by atoms with Crippen molar-refractivity contribution in [3.8, 4) is 0 Å². The Bertz CT molecular complexity index is 1150. The molecule has 1 saturated heterocycles. The smallest absolute Gasteiger partial charge is 0.318 e. The monoisotopic (exact) mass is 434 g/mol. The fourth-order valence-electron chi connectivity index (χ4n) is 3.83. The van der Waals surface area contributed by atoms with Crippen LogP contribution in [-0.4, -0.2) is 46.1 Å². The minimum atomic E-state index is -1.33. The third kappa shape index (κ3) is 3.31. The summed E-state index contributed by atoms with van der Waals surface area (Å²) >= 11 is 0. The van der Waals surface area contributed by atoms with E-state index in [1.165, 1.54) is 23.1 Å². The van der Waals surface area contributed by atoms with Crippen molar-refractivity contribution in [2.45, 2.75) is 32.2 Å². The molecule has 0 aliphatic carbocycles. The fourth-order valence-corrected chi connectivity index (χ4v) is 3.83. The average Bonchev–Trinajstić information content (AvgIpc) is 3.17. The lowest BCUT2D eigenvalue weighted by molar-refractivity contribution is -0.132. The van der Waals surface area contributed by atoms with Crippen molar-refractivity contribution < 1.29 is 24.0 Å². The first-order valence-electron chi connectivity index (χ1n) is 10.3. The number of rotatable bonds is 6. The van der Waals surface area contributed by atoms with Crippen molar-refractivity contribution in [1.82, 2.24) is 20.7 Å². The van der Waals surface area contributed by atoms with Gasteiger partial charge in [-0.25, -0.2) is 4.79 Å². The number of hydrogen-bond donors (Lipinski definition) is 2. The number of hydrogen-bond acceptors (Lipinski definition) is 5. The van der Waals surface area contributed by atoms with E-state index in [1.807, 2.05) is 6.92 Å². The van der Waals surface area contributed by atoms with Gasteiger partial charge in [-0.2, -0.15) is 5.01 Å². The van der Waals surface area contributed by atoms with E-state index >= 15 is 0 Å². The van der Waals surface area contributed by atoms with Crippen LogP contribution in [0.5, 0.6) is 0 Å². The first-order valence-corrected chi connectivity index (χ1v) is 10.3. The number of urea groups is 1. The maximum atomic E-state index is 13.0. The maximum absolute atomic E-state index is 13.0. The molecule has 2 N–H and O–H groups in total. The molecule has 0 saturated carbocycles. The summed E-state index contributed by atoms with van der Waals surface area (Å²) in [4.78, 5) is 64.4. The molecule has 1 unspecified atom stereocenters. The molecule has 6 amide bonds. The number of carbonyl (C=O) groups excluding carboxylic acids is 5. The van der Waals surface area contributed by atoms with Gasteiger partial charge in [0.15, 0.2) is 0 Å². The van der Waals surface area contributed by atoms with Crippen LogP contribution in [-0.2, 0) is 10.3 Å². The minimum Gasteiger partial charge on any atom is -0.318 e. The number of imide groups is 2. The highest BCUT2D eigenvalue weighted by atomic mass is 16.2. The first-order chi connectivity index (χ1) is 15.3. The van der Waals surface area contributed by atoms with Crippen LogP contribution < -0.4 is 10.7 Å². The zero-order valence-corrected chi connectivity index (χ0v) is 17.7. The van der Waals surface area contributed by atoms with Gasteiger partial charge in [-0.1, -0.05) is 43.7 Å². The molecule has 1 fully saturated rings. The largest absolute Gasteiger partial charge is 0.344 e. The van der Waals surface area contributed by atoms with Gasteiger partial charge >= 0.3 is 6.03 Å². The number of carbonyl (C=O) groups is 5. The second kappa shape index (κ2) is 7.92. The van der Waals surface area contributed by atoms with Gasteiger partial charge in [0.1, 0.15) is 5.54 Å². The molecule has 0 radical (unpaired) electrons. The molecular formula is C23H22N4O5.